The summed E-state index contributed by atoms with van der Waals surface area (Å²) in [5.41, 5.74) is 0. The fraction of sp³-hybridized carbons (Fsp3) is 0.625. The summed E-state index contributed by atoms with van der Waals surface area (Å²) in [6.45, 7) is 2.78. The molecule has 154 valence electrons. The Kier molecular flexibility index (Phi) is 7.04. The second-order valence-electron chi connectivity index (χ2n) is 5.99. The van der Waals surface area contributed by atoms with Crippen LogP contribution in [0.4, 0.5) is 0 Å². The number of carbonyl (C=O) groups is 6. The first-order valence-corrected chi connectivity index (χ1v) is 8.49. The Labute approximate surface area is 159 Å². The number of rotatable bonds is 6. The lowest BCUT2D eigenvalue weighted by Gasteiger charge is -2.32. The van der Waals surface area contributed by atoms with Gasteiger partial charge in [0.25, 0.3) is 17.7 Å². The summed E-state index contributed by atoms with van der Waals surface area (Å²) in [5.74, 6) is -5.60. The fourth-order valence-corrected chi connectivity index (χ4v) is 2.60. The van der Waals surface area contributed by atoms with Crippen molar-refractivity contribution in [1.29, 1.82) is 0 Å². The highest BCUT2D eigenvalue weighted by molar-refractivity contribution is 6.02. The van der Waals surface area contributed by atoms with E-state index in [0.717, 1.165) is 13.8 Å². The number of nitrogens with zero attached hydrogens (tertiary/aromatic N) is 2. The quantitative estimate of drug-likeness (QED) is 0.374. The van der Waals surface area contributed by atoms with Crippen molar-refractivity contribution in [2.75, 3.05) is 26.3 Å². The summed E-state index contributed by atoms with van der Waals surface area (Å²) in [4.78, 5) is 77.5. The second-order valence-corrected chi connectivity index (χ2v) is 5.99. The van der Waals surface area contributed by atoms with Gasteiger partial charge in [0.15, 0.2) is 0 Å². The van der Waals surface area contributed by atoms with E-state index in [1.165, 1.54) is 4.90 Å². The van der Waals surface area contributed by atoms with E-state index in [4.69, 9.17) is 19.0 Å². The fourth-order valence-electron chi connectivity index (χ4n) is 2.60. The summed E-state index contributed by atoms with van der Waals surface area (Å²) in [6.07, 6.45) is -4.15. The molecule has 0 bridgehead atoms. The number of imide groups is 1. The molecule has 0 aromatic heterocycles. The highest BCUT2D eigenvalue weighted by Gasteiger charge is 2.45. The largest absolute Gasteiger partial charge is 0.448 e. The SMILES string of the molecule is CC(=O)OC(C(=O)ON1C(=O)CCC1=O)C(OC(C)=O)C(=O)N1CCOCC1. The van der Waals surface area contributed by atoms with Gasteiger partial charge < -0.3 is 23.9 Å². The molecule has 0 spiro atoms. The Hall–Kier alpha value is -3.02. The average Bonchev–Trinajstić information content (AvgIpc) is 2.96. The van der Waals surface area contributed by atoms with E-state index < -0.39 is 47.8 Å². The lowest BCUT2D eigenvalue weighted by Crippen LogP contribution is -2.54. The molecule has 2 atom stereocenters. The molecular formula is C16H20N2O10. The van der Waals surface area contributed by atoms with Crippen LogP contribution in [0.3, 0.4) is 0 Å². The monoisotopic (exact) mass is 400 g/mol. The molecule has 2 rings (SSSR count). The zero-order valence-electron chi connectivity index (χ0n) is 15.4. The van der Waals surface area contributed by atoms with Crippen molar-refractivity contribution in [3.05, 3.63) is 0 Å². The summed E-state index contributed by atoms with van der Waals surface area (Å²) in [7, 11) is 0. The van der Waals surface area contributed by atoms with E-state index in [1.807, 2.05) is 0 Å². The van der Waals surface area contributed by atoms with E-state index in [0.29, 0.717) is 0 Å². The van der Waals surface area contributed by atoms with Gasteiger partial charge in [0.1, 0.15) is 0 Å². The number of hydrogen-bond acceptors (Lipinski definition) is 10. The maximum atomic E-state index is 12.8. The molecule has 0 aliphatic carbocycles. The highest BCUT2D eigenvalue weighted by atomic mass is 16.7. The number of morpholine rings is 1. The molecule has 28 heavy (non-hydrogen) atoms. The number of ether oxygens (including phenoxy) is 3. The van der Waals surface area contributed by atoms with E-state index in [2.05, 4.69) is 0 Å². The van der Waals surface area contributed by atoms with Crippen LogP contribution in [-0.2, 0) is 47.8 Å². The first kappa shape index (κ1) is 21.3. The molecule has 0 aromatic carbocycles. The van der Waals surface area contributed by atoms with Crippen LogP contribution >= 0.6 is 0 Å². The van der Waals surface area contributed by atoms with Gasteiger partial charge in [-0.2, -0.15) is 0 Å². The van der Waals surface area contributed by atoms with Crippen molar-refractivity contribution in [1.82, 2.24) is 9.96 Å². The summed E-state index contributed by atoms with van der Waals surface area (Å²) in [6, 6.07) is 0. The Morgan fingerprint density at radius 3 is 1.89 bits per heavy atom. The molecule has 0 radical (unpaired) electrons. The first-order valence-electron chi connectivity index (χ1n) is 8.49. The molecule has 0 saturated carbocycles. The third-order valence-corrected chi connectivity index (χ3v) is 3.85. The third kappa shape index (κ3) is 5.25. The topological polar surface area (TPSA) is 146 Å². The predicted molar refractivity (Wildman–Crippen MR) is 85.7 cm³/mol. The van der Waals surface area contributed by atoms with Crippen LogP contribution in [0.25, 0.3) is 0 Å². The van der Waals surface area contributed by atoms with E-state index >= 15 is 0 Å². The lowest BCUT2D eigenvalue weighted by molar-refractivity contribution is -0.212. The van der Waals surface area contributed by atoms with Gasteiger partial charge in [-0.15, -0.1) is 5.06 Å². The number of hydroxylamine groups is 2. The summed E-state index contributed by atoms with van der Waals surface area (Å²) in [5, 5.41) is 0.239. The minimum atomic E-state index is -2.00. The van der Waals surface area contributed by atoms with Crippen molar-refractivity contribution >= 4 is 35.6 Å². The Morgan fingerprint density at radius 1 is 0.893 bits per heavy atom. The van der Waals surface area contributed by atoms with Crippen LogP contribution in [0.2, 0.25) is 0 Å². The van der Waals surface area contributed by atoms with Gasteiger partial charge in [0.2, 0.25) is 12.2 Å². The minimum Gasteiger partial charge on any atom is -0.448 e. The average molecular weight is 400 g/mol. The van der Waals surface area contributed by atoms with Gasteiger partial charge in [-0.25, -0.2) is 4.79 Å². The molecular weight excluding hydrogens is 380 g/mol. The molecule has 3 amide bonds. The van der Waals surface area contributed by atoms with Crippen LogP contribution in [0.1, 0.15) is 26.7 Å². The smallest absolute Gasteiger partial charge is 0.377 e. The summed E-state index contributed by atoms with van der Waals surface area (Å²) < 4.78 is 14.9. The molecule has 12 heteroatoms. The second kappa shape index (κ2) is 9.26. The normalized spacial score (nSPS) is 19.1. The van der Waals surface area contributed by atoms with Crippen molar-refractivity contribution in [2.24, 2.45) is 0 Å². The highest BCUT2D eigenvalue weighted by Crippen LogP contribution is 2.17. The number of hydrogen-bond donors (Lipinski definition) is 0. The number of carbonyl (C=O) groups excluding carboxylic acids is 6. The van der Waals surface area contributed by atoms with Gasteiger partial charge in [-0.05, 0) is 0 Å². The molecule has 2 aliphatic heterocycles. The molecule has 0 N–H and O–H groups in total. The van der Waals surface area contributed by atoms with Crippen molar-refractivity contribution < 1.29 is 47.8 Å². The first-order chi connectivity index (χ1) is 13.2. The van der Waals surface area contributed by atoms with Crippen LogP contribution < -0.4 is 0 Å². The molecule has 2 heterocycles. The zero-order chi connectivity index (χ0) is 20.8. The third-order valence-electron chi connectivity index (χ3n) is 3.85. The van der Waals surface area contributed by atoms with Gasteiger partial charge in [0.05, 0.1) is 13.2 Å². The predicted octanol–water partition coefficient (Wildman–Crippen LogP) is -1.68. The molecule has 12 nitrogen and oxygen atoms in total. The number of amides is 3. The Balaban J connectivity index is 2.25. The maximum absolute atomic E-state index is 12.8. The van der Waals surface area contributed by atoms with Gasteiger partial charge >= 0.3 is 17.9 Å². The van der Waals surface area contributed by atoms with E-state index in [-0.39, 0.29) is 44.2 Å². The van der Waals surface area contributed by atoms with E-state index in [9.17, 15) is 28.8 Å². The summed E-state index contributed by atoms with van der Waals surface area (Å²) >= 11 is 0. The lowest BCUT2D eigenvalue weighted by atomic mass is 10.1. The molecule has 0 aromatic rings. The van der Waals surface area contributed by atoms with Crippen LogP contribution in [0.15, 0.2) is 0 Å². The van der Waals surface area contributed by atoms with Crippen molar-refractivity contribution in [3.63, 3.8) is 0 Å². The Bertz CT molecular complexity index is 669. The van der Waals surface area contributed by atoms with Crippen molar-refractivity contribution in [2.45, 2.75) is 38.9 Å². The Morgan fingerprint density at radius 2 is 1.39 bits per heavy atom. The van der Waals surface area contributed by atoms with Gasteiger partial charge in [-0.1, -0.05) is 0 Å². The minimum absolute atomic E-state index is 0.148. The van der Waals surface area contributed by atoms with Crippen LogP contribution in [0, 0.1) is 0 Å². The van der Waals surface area contributed by atoms with Crippen LogP contribution in [-0.4, -0.2) is 84.1 Å². The number of esters is 2. The standard InChI is InChI=1S/C16H20N2O10/c1-9(19)26-13(15(23)17-5-7-25-8-6-17)14(27-10(2)20)16(24)28-18-11(21)3-4-12(18)22/h13-14H,3-8H2,1-2H3. The zero-order valence-corrected chi connectivity index (χ0v) is 15.4. The molecule has 2 aliphatic rings. The molecule has 2 unspecified atom stereocenters. The van der Waals surface area contributed by atoms with E-state index in [1.54, 1.807) is 0 Å². The molecule has 2 fully saturated rings. The van der Waals surface area contributed by atoms with Gasteiger partial charge in [0, 0.05) is 39.8 Å². The van der Waals surface area contributed by atoms with Gasteiger partial charge in [-0.3, -0.25) is 24.0 Å². The van der Waals surface area contributed by atoms with Crippen molar-refractivity contribution in [3.8, 4) is 0 Å². The molecule has 2 saturated heterocycles. The maximum Gasteiger partial charge on any atom is 0.377 e. The van der Waals surface area contributed by atoms with Crippen LogP contribution in [0.5, 0.6) is 0 Å².